The van der Waals surface area contributed by atoms with Crippen molar-refractivity contribution in [2.24, 2.45) is 0 Å². The molecule has 2 aromatic rings. The second kappa shape index (κ2) is 2.88. The van der Waals surface area contributed by atoms with Crippen LogP contribution in [0.1, 0.15) is 5.82 Å². The van der Waals surface area contributed by atoms with Crippen LogP contribution in [0.25, 0.3) is 11.2 Å². The number of nitrogens with two attached hydrogens (primary N) is 1. The highest BCUT2D eigenvalue weighted by Gasteiger charge is 2.08. The third-order valence-corrected chi connectivity index (χ3v) is 2.33. The number of nitrogen functional groups attached to an aromatic ring is 1. The summed E-state index contributed by atoms with van der Waals surface area (Å²) in [5.74, 6) is 1.09. The van der Waals surface area contributed by atoms with E-state index in [1.54, 1.807) is 0 Å². The smallest absolute Gasteiger partial charge is 0.223 e. The molecule has 0 saturated heterocycles. The largest absolute Gasteiger partial charge is 0.368 e. The Labute approximate surface area is 79.2 Å². The lowest BCUT2D eigenvalue weighted by atomic mass is 10.5. The van der Waals surface area contributed by atoms with Crippen LogP contribution in [-0.4, -0.2) is 26.2 Å². The molecular weight excluding hydrogens is 186 g/mol. The van der Waals surface area contributed by atoms with Gasteiger partial charge in [-0.15, -0.1) is 11.8 Å². The number of aromatic nitrogens is 4. The zero-order valence-electron chi connectivity index (χ0n) is 7.33. The third kappa shape index (κ3) is 1.33. The quantitative estimate of drug-likeness (QED) is 0.523. The summed E-state index contributed by atoms with van der Waals surface area (Å²) in [5, 5.41) is 0.836. The van der Waals surface area contributed by atoms with E-state index >= 15 is 0 Å². The van der Waals surface area contributed by atoms with Gasteiger partial charge in [-0.25, -0.2) is 9.97 Å². The molecule has 0 aromatic carbocycles. The molecule has 0 aliphatic carbocycles. The number of hydrogen-bond donors (Lipinski definition) is 2. The van der Waals surface area contributed by atoms with Crippen molar-refractivity contribution in [3.05, 3.63) is 5.82 Å². The molecule has 2 heterocycles. The summed E-state index contributed by atoms with van der Waals surface area (Å²) in [7, 11) is 0. The first-order valence-electron chi connectivity index (χ1n) is 3.74. The van der Waals surface area contributed by atoms with Crippen LogP contribution in [0.5, 0.6) is 0 Å². The van der Waals surface area contributed by atoms with Gasteiger partial charge in [0.25, 0.3) is 0 Å². The van der Waals surface area contributed by atoms with Crippen molar-refractivity contribution in [3.63, 3.8) is 0 Å². The molecule has 0 amide bonds. The first kappa shape index (κ1) is 8.31. The minimum absolute atomic E-state index is 0.267. The number of nitrogens with zero attached hydrogens (tertiary/aromatic N) is 3. The Kier molecular flexibility index (Phi) is 1.84. The number of anilines is 1. The fourth-order valence-electron chi connectivity index (χ4n) is 1.15. The summed E-state index contributed by atoms with van der Waals surface area (Å²) < 4.78 is 0. The van der Waals surface area contributed by atoms with E-state index < -0.39 is 0 Å². The molecule has 0 radical (unpaired) electrons. The summed E-state index contributed by atoms with van der Waals surface area (Å²) in [6, 6.07) is 0. The monoisotopic (exact) mass is 195 g/mol. The third-order valence-electron chi connectivity index (χ3n) is 1.65. The van der Waals surface area contributed by atoms with Crippen LogP contribution in [0, 0.1) is 6.92 Å². The van der Waals surface area contributed by atoms with E-state index in [0.717, 1.165) is 16.4 Å². The molecule has 3 N–H and O–H groups in total. The standard InChI is InChI=1S/C7H9N5S/c1-3-9-4-5(10-3)11-7(8)12-6(4)13-2/h1-2H3,(H3,8,9,10,11,12). The number of hydrogen-bond acceptors (Lipinski definition) is 5. The molecular formula is C7H9N5S. The number of aromatic amines is 1. The van der Waals surface area contributed by atoms with Gasteiger partial charge in [-0.2, -0.15) is 4.98 Å². The Morgan fingerprint density at radius 1 is 1.31 bits per heavy atom. The van der Waals surface area contributed by atoms with Gasteiger partial charge in [0, 0.05) is 0 Å². The van der Waals surface area contributed by atoms with E-state index in [2.05, 4.69) is 19.9 Å². The predicted octanol–water partition coefficient (Wildman–Crippen LogP) is 0.965. The zero-order chi connectivity index (χ0) is 9.42. The molecule has 5 nitrogen and oxygen atoms in total. The molecule has 0 aliphatic heterocycles. The summed E-state index contributed by atoms with van der Waals surface area (Å²) in [4.78, 5) is 15.4. The maximum atomic E-state index is 5.52. The minimum Gasteiger partial charge on any atom is -0.368 e. The highest BCUT2D eigenvalue weighted by Crippen LogP contribution is 2.21. The first-order chi connectivity index (χ1) is 6.20. The van der Waals surface area contributed by atoms with Crippen LogP contribution in [0.4, 0.5) is 5.95 Å². The van der Waals surface area contributed by atoms with Gasteiger partial charge in [-0.3, -0.25) is 0 Å². The van der Waals surface area contributed by atoms with Gasteiger partial charge in [0.05, 0.1) is 0 Å². The average Bonchev–Trinajstić information content (AvgIpc) is 2.43. The Bertz CT molecular complexity index is 449. The van der Waals surface area contributed by atoms with Gasteiger partial charge in [0.1, 0.15) is 16.4 Å². The van der Waals surface area contributed by atoms with Gasteiger partial charge < -0.3 is 10.7 Å². The molecule has 0 unspecified atom stereocenters. The molecule has 6 heteroatoms. The Balaban J connectivity index is 2.80. The Hall–Kier alpha value is -1.30. The molecule has 0 fully saturated rings. The second-order valence-corrected chi connectivity index (χ2v) is 3.41. The summed E-state index contributed by atoms with van der Waals surface area (Å²) in [6.07, 6.45) is 1.94. The van der Waals surface area contributed by atoms with Gasteiger partial charge >= 0.3 is 0 Å². The van der Waals surface area contributed by atoms with Crippen molar-refractivity contribution in [1.82, 2.24) is 19.9 Å². The number of nitrogens with one attached hydrogen (secondary N) is 1. The fourth-order valence-corrected chi connectivity index (χ4v) is 1.68. The van der Waals surface area contributed by atoms with Crippen LogP contribution in [0.15, 0.2) is 5.03 Å². The van der Waals surface area contributed by atoms with Crippen LogP contribution >= 0.6 is 11.8 Å². The predicted molar refractivity (Wildman–Crippen MR) is 52.6 cm³/mol. The molecule has 0 spiro atoms. The van der Waals surface area contributed by atoms with Crippen molar-refractivity contribution in [2.45, 2.75) is 11.9 Å². The van der Waals surface area contributed by atoms with E-state index in [9.17, 15) is 0 Å². The average molecular weight is 195 g/mol. The topological polar surface area (TPSA) is 80.5 Å². The number of rotatable bonds is 1. The van der Waals surface area contributed by atoms with Crippen LogP contribution in [0.3, 0.4) is 0 Å². The normalized spacial score (nSPS) is 10.9. The van der Waals surface area contributed by atoms with E-state index in [0.29, 0.717) is 5.65 Å². The highest BCUT2D eigenvalue weighted by molar-refractivity contribution is 7.98. The maximum Gasteiger partial charge on any atom is 0.223 e. The lowest BCUT2D eigenvalue weighted by Crippen LogP contribution is -1.96. The van der Waals surface area contributed by atoms with Crippen molar-refractivity contribution in [3.8, 4) is 0 Å². The van der Waals surface area contributed by atoms with E-state index in [1.807, 2.05) is 13.2 Å². The molecule has 0 saturated carbocycles. The molecule has 68 valence electrons. The molecule has 0 bridgehead atoms. The highest BCUT2D eigenvalue weighted by atomic mass is 32.2. The Morgan fingerprint density at radius 2 is 2.08 bits per heavy atom. The lowest BCUT2D eigenvalue weighted by molar-refractivity contribution is 1.10. The number of H-pyrrole nitrogens is 1. The summed E-state index contributed by atoms with van der Waals surface area (Å²) in [5.41, 5.74) is 7.01. The van der Waals surface area contributed by atoms with Crippen LogP contribution < -0.4 is 5.73 Å². The van der Waals surface area contributed by atoms with Crippen molar-refractivity contribution in [1.29, 1.82) is 0 Å². The van der Waals surface area contributed by atoms with Gasteiger partial charge in [-0.05, 0) is 13.2 Å². The van der Waals surface area contributed by atoms with Gasteiger partial charge in [0.2, 0.25) is 5.95 Å². The molecule has 0 atom stereocenters. The van der Waals surface area contributed by atoms with E-state index in [-0.39, 0.29) is 5.95 Å². The molecule has 0 aliphatic rings. The SMILES string of the molecule is CSc1nc(N)nc2nc(C)[nH]c12. The second-order valence-electron chi connectivity index (χ2n) is 2.61. The molecule has 13 heavy (non-hydrogen) atoms. The zero-order valence-corrected chi connectivity index (χ0v) is 8.14. The number of thioether (sulfide) groups is 1. The van der Waals surface area contributed by atoms with Crippen molar-refractivity contribution in [2.75, 3.05) is 12.0 Å². The van der Waals surface area contributed by atoms with Crippen molar-refractivity contribution >= 4 is 28.9 Å². The molecule has 2 aromatic heterocycles. The Morgan fingerprint density at radius 3 is 2.77 bits per heavy atom. The van der Waals surface area contributed by atoms with Crippen LogP contribution in [0.2, 0.25) is 0 Å². The van der Waals surface area contributed by atoms with Gasteiger partial charge in [-0.1, -0.05) is 0 Å². The van der Waals surface area contributed by atoms with Gasteiger partial charge in [0.15, 0.2) is 5.65 Å². The van der Waals surface area contributed by atoms with E-state index in [1.165, 1.54) is 11.8 Å². The number of aryl methyl sites for hydroxylation is 1. The summed E-state index contributed by atoms with van der Waals surface area (Å²) in [6.45, 7) is 1.88. The maximum absolute atomic E-state index is 5.52. The first-order valence-corrected chi connectivity index (χ1v) is 4.97. The molecule has 2 rings (SSSR count). The van der Waals surface area contributed by atoms with Crippen molar-refractivity contribution < 1.29 is 0 Å². The fraction of sp³-hybridized carbons (Fsp3) is 0.286. The van der Waals surface area contributed by atoms with Crippen LogP contribution in [-0.2, 0) is 0 Å². The number of fused-ring (bicyclic) bond motifs is 1. The lowest BCUT2D eigenvalue weighted by Gasteiger charge is -1.97. The summed E-state index contributed by atoms with van der Waals surface area (Å²) >= 11 is 1.52. The minimum atomic E-state index is 0.267. The number of imidazole rings is 1. The van der Waals surface area contributed by atoms with E-state index in [4.69, 9.17) is 5.73 Å².